The van der Waals surface area contributed by atoms with Crippen molar-refractivity contribution in [2.45, 2.75) is 27.2 Å². The standard InChI is InChI=1S/C17H22N4O3/c1-5-8-24-14-7-6-12(21(4)17(18)23)9-13(14)15-19-11(3)10(2)16(22)20-15/h6-7,9H,5,8H2,1-4H3,(H2,18,23)(H,19,20,22). The summed E-state index contributed by atoms with van der Waals surface area (Å²) in [5, 5.41) is 0. The van der Waals surface area contributed by atoms with Crippen LogP contribution in [0.3, 0.4) is 0 Å². The predicted octanol–water partition coefficient (Wildman–Crippen LogP) is 2.36. The average Bonchev–Trinajstić information content (AvgIpc) is 2.56. The molecule has 7 heteroatoms. The third-order valence-corrected chi connectivity index (χ3v) is 3.79. The van der Waals surface area contributed by atoms with Gasteiger partial charge in [-0.05, 0) is 38.5 Å². The molecule has 0 bridgehead atoms. The number of anilines is 1. The molecule has 0 saturated carbocycles. The molecule has 0 aliphatic carbocycles. The van der Waals surface area contributed by atoms with Crippen LogP contribution in [0.5, 0.6) is 5.75 Å². The lowest BCUT2D eigenvalue weighted by molar-refractivity contribution is 0.255. The molecule has 0 aliphatic heterocycles. The summed E-state index contributed by atoms with van der Waals surface area (Å²) >= 11 is 0. The number of aromatic nitrogens is 2. The van der Waals surface area contributed by atoms with E-state index in [1.54, 1.807) is 39.1 Å². The topological polar surface area (TPSA) is 101 Å². The lowest BCUT2D eigenvalue weighted by Crippen LogP contribution is -2.31. The molecule has 1 aromatic heterocycles. The third-order valence-electron chi connectivity index (χ3n) is 3.79. The van der Waals surface area contributed by atoms with Gasteiger partial charge in [0.2, 0.25) is 0 Å². The maximum atomic E-state index is 12.1. The van der Waals surface area contributed by atoms with Crippen LogP contribution in [0.15, 0.2) is 23.0 Å². The fourth-order valence-corrected chi connectivity index (χ4v) is 2.15. The molecule has 1 heterocycles. The van der Waals surface area contributed by atoms with E-state index in [0.29, 0.717) is 40.7 Å². The van der Waals surface area contributed by atoms with Crippen LogP contribution in [-0.4, -0.2) is 29.7 Å². The molecule has 0 spiro atoms. The Morgan fingerprint density at radius 3 is 2.67 bits per heavy atom. The van der Waals surface area contributed by atoms with Crippen LogP contribution in [0.1, 0.15) is 24.6 Å². The third kappa shape index (κ3) is 3.56. The van der Waals surface area contributed by atoms with Gasteiger partial charge in [-0.25, -0.2) is 9.78 Å². The van der Waals surface area contributed by atoms with Gasteiger partial charge in [-0.15, -0.1) is 0 Å². The molecule has 7 nitrogen and oxygen atoms in total. The number of rotatable bonds is 5. The summed E-state index contributed by atoms with van der Waals surface area (Å²) in [7, 11) is 1.57. The van der Waals surface area contributed by atoms with Crippen molar-refractivity contribution in [3.05, 3.63) is 39.8 Å². The number of nitrogens with one attached hydrogen (secondary N) is 1. The molecular formula is C17H22N4O3. The van der Waals surface area contributed by atoms with Crippen LogP contribution in [0.4, 0.5) is 10.5 Å². The zero-order valence-electron chi connectivity index (χ0n) is 14.3. The number of aryl methyl sites for hydroxylation is 1. The minimum absolute atomic E-state index is 0.201. The molecule has 0 fully saturated rings. The van der Waals surface area contributed by atoms with Crippen LogP contribution in [0.25, 0.3) is 11.4 Å². The minimum Gasteiger partial charge on any atom is -0.493 e. The Bertz CT molecular complexity index is 814. The first-order chi connectivity index (χ1) is 11.3. The number of ether oxygens (including phenoxy) is 1. The molecule has 128 valence electrons. The monoisotopic (exact) mass is 330 g/mol. The van der Waals surface area contributed by atoms with Crippen molar-refractivity contribution in [2.75, 3.05) is 18.6 Å². The molecular weight excluding hydrogens is 308 g/mol. The Balaban J connectivity index is 2.61. The molecule has 3 N–H and O–H groups in total. The van der Waals surface area contributed by atoms with Crippen molar-refractivity contribution in [2.24, 2.45) is 5.73 Å². The highest BCUT2D eigenvalue weighted by atomic mass is 16.5. The number of carbonyl (C=O) groups is 1. The van der Waals surface area contributed by atoms with Gasteiger partial charge in [0.25, 0.3) is 5.56 Å². The Morgan fingerprint density at radius 2 is 2.08 bits per heavy atom. The summed E-state index contributed by atoms with van der Waals surface area (Å²) in [4.78, 5) is 32.0. The van der Waals surface area contributed by atoms with E-state index >= 15 is 0 Å². The molecule has 0 radical (unpaired) electrons. The Labute approximate surface area is 140 Å². The molecule has 24 heavy (non-hydrogen) atoms. The Kier molecular flexibility index (Phi) is 5.23. The number of carbonyl (C=O) groups excluding carboxylic acids is 1. The zero-order chi connectivity index (χ0) is 17.9. The highest BCUT2D eigenvalue weighted by Gasteiger charge is 2.15. The fraction of sp³-hybridized carbons (Fsp3) is 0.353. The molecule has 1 aromatic carbocycles. The van der Waals surface area contributed by atoms with Gasteiger partial charge in [0.1, 0.15) is 11.6 Å². The van der Waals surface area contributed by atoms with Crippen molar-refractivity contribution in [3.8, 4) is 17.1 Å². The van der Waals surface area contributed by atoms with Crippen molar-refractivity contribution < 1.29 is 9.53 Å². The van der Waals surface area contributed by atoms with Gasteiger partial charge < -0.3 is 15.5 Å². The number of amides is 2. The molecule has 2 rings (SSSR count). The highest BCUT2D eigenvalue weighted by molar-refractivity contribution is 5.91. The number of nitrogens with zero attached hydrogens (tertiary/aromatic N) is 2. The van der Waals surface area contributed by atoms with Gasteiger partial charge in [0.15, 0.2) is 0 Å². The second-order valence-electron chi connectivity index (χ2n) is 5.55. The van der Waals surface area contributed by atoms with E-state index in [2.05, 4.69) is 9.97 Å². The molecule has 2 amide bonds. The quantitative estimate of drug-likeness (QED) is 0.878. The fourth-order valence-electron chi connectivity index (χ4n) is 2.15. The predicted molar refractivity (Wildman–Crippen MR) is 93.5 cm³/mol. The van der Waals surface area contributed by atoms with Crippen molar-refractivity contribution in [1.82, 2.24) is 9.97 Å². The number of nitrogens with two attached hydrogens (primary N) is 1. The first-order valence-electron chi connectivity index (χ1n) is 7.73. The van der Waals surface area contributed by atoms with E-state index in [4.69, 9.17) is 10.5 Å². The van der Waals surface area contributed by atoms with Gasteiger partial charge >= 0.3 is 6.03 Å². The number of urea groups is 1. The lowest BCUT2D eigenvalue weighted by Gasteiger charge is -2.18. The van der Waals surface area contributed by atoms with Crippen LogP contribution in [-0.2, 0) is 0 Å². The summed E-state index contributed by atoms with van der Waals surface area (Å²) < 4.78 is 5.75. The molecule has 0 atom stereocenters. The van der Waals surface area contributed by atoms with Gasteiger partial charge in [0.05, 0.1) is 12.2 Å². The number of benzene rings is 1. The van der Waals surface area contributed by atoms with Crippen LogP contribution in [0, 0.1) is 13.8 Å². The van der Waals surface area contributed by atoms with Crippen LogP contribution in [0.2, 0.25) is 0 Å². The average molecular weight is 330 g/mol. The maximum Gasteiger partial charge on any atom is 0.318 e. The summed E-state index contributed by atoms with van der Waals surface area (Å²) in [6, 6.07) is 4.63. The molecule has 0 unspecified atom stereocenters. The minimum atomic E-state index is -0.579. The van der Waals surface area contributed by atoms with Gasteiger partial charge in [-0.3, -0.25) is 9.69 Å². The number of primary amides is 1. The summed E-state index contributed by atoms with van der Waals surface area (Å²) in [5.74, 6) is 0.985. The van der Waals surface area contributed by atoms with Gasteiger partial charge in [-0.1, -0.05) is 6.92 Å². The number of hydrogen-bond acceptors (Lipinski definition) is 4. The molecule has 2 aromatic rings. The largest absolute Gasteiger partial charge is 0.493 e. The Hall–Kier alpha value is -2.83. The zero-order valence-corrected chi connectivity index (χ0v) is 14.3. The van der Waals surface area contributed by atoms with E-state index in [0.717, 1.165) is 6.42 Å². The summed E-state index contributed by atoms with van der Waals surface area (Å²) in [6.07, 6.45) is 0.846. The first kappa shape index (κ1) is 17.5. The van der Waals surface area contributed by atoms with E-state index in [9.17, 15) is 9.59 Å². The summed E-state index contributed by atoms with van der Waals surface area (Å²) in [6.45, 7) is 6.04. The SMILES string of the molecule is CCCOc1ccc(N(C)C(N)=O)cc1-c1nc(C)c(C)c(=O)[nH]1. The van der Waals surface area contributed by atoms with Crippen molar-refractivity contribution in [1.29, 1.82) is 0 Å². The normalized spacial score (nSPS) is 10.5. The Morgan fingerprint density at radius 1 is 1.38 bits per heavy atom. The van der Waals surface area contributed by atoms with Crippen LogP contribution >= 0.6 is 0 Å². The van der Waals surface area contributed by atoms with E-state index < -0.39 is 6.03 Å². The lowest BCUT2D eigenvalue weighted by atomic mass is 10.1. The first-order valence-corrected chi connectivity index (χ1v) is 7.73. The maximum absolute atomic E-state index is 12.1. The number of H-pyrrole nitrogens is 1. The summed E-state index contributed by atoms with van der Waals surface area (Å²) in [5.41, 5.74) is 7.53. The van der Waals surface area contributed by atoms with Crippen molar-refractivity contribution >= 4 is 11.7 Å². The van der Waals surface area contributed by atoms with E-state index in [1.807, 2.05) is 6.92 Å². The van der Waals surface area contributed by atoms with Gasteiger partial charge in [0, 0.05) is 24.0 Å². The second kappa shape index (κ2) is 7.16. The van der Waals surface area contributed by atoms with Crippen molar-refractivity contribution in [3.63, 3.8) is 0 Å². The number of hydrogen-bond donors (Lipinski definition) is 2. The van der Waals surface area contributed by atoms with E-state index in [-0.39, 0.29) is 5.56 Å². The number of aromatic amines is 1. The van der Waals surface area contributed by atoms with Crippen LogP contribution < -0.4 is 20.9 Å². The van der Waals surface area contributed by atoms with Gasteiger partial charge in [-0.2, -0.15) is 0 Å². The molecule has 0 saturated heterocycles. The van der Waals surface area contributed by atoms with E-state index in [1.165, 1.54) is 4.90 Å². The molecule has 0 aliphatic rings. The smallest absolute Gasteiger partial charge is 0.318 e. The second-order valence-corrected chi connectivity index (χ2v) is 5.55. The highest BCUT2D eigenvalue weighted by Crippen LogP contribution is 2.31.